The Balaban J connectivity index is 1.29. The Hall–Kier alpha value is -4.25. The number of azo groups is 1. The van der Waals surface area contributed by atoms with Gasteiger partial charge in [0.15, 0.2) is 17.1 Å². The summed E-state index contributed by atoms with van der Waals surface area (Å²) in [4.78, 5) is 14.1. The highest BCUT2D eigenvalue weighted by molar-refractivity contribution is 5.96. The van der Waals surface area contributed by atoms with E-state index in [1.165, 1.54) is 0 Å². The van der Waals surface area contributed by atoms with E-state index in [-0.39, 0.29) is 11.8 Å². The average molecular weight is 528 g/mol. The number of amides is 1. The van der Waals surface area contributed by atoms with Crippen LogP contribution in [0.5, 0.6) is 11.5 Å². The zero-order chi connectivity index (χ0) is 27.6. The molecule has 8 nitrogen and oxygen atoms in total. The first-order valence-corrected chi connectivity index (χ1v) is 13.3. The summed E-state index contributed by atoms with van der Waals surface area (Å²) in [7, 11) is 1.59. The number of likely N-dealkylation sites (tertiary alicyclic amines) is 1. The van der Waals surface area contributed by atoms with Gasteiger partial charge in [0.1, 0.15) is 16.9 Å². The standard InChI is InChI=1S/C31H33N3O5/c1-31(2,3)39-30(36)34-17-15-20(16-18-34)9-5-6-11-22-26(37-4)14-13-23-28(35)27(38-29(22)23)19-25-21-10-7-8-12-24(21)32-33-25/h7-8,10,12-14,19-20,35H,5,9,15-18H2,1-4H3. The number of benzene rings is 2. The van der Waals surface area contributed by atoms with Gasteiger partial charge in [-0.25, -0.2) is 4.79 Å². The van der Waals surface area contributed by atoms with Crippen molar-refractivity contribution >= 4 is 34.5 Å². The summed E-state index contributed by atoms with van der Waals surface area (Å²) >= 11 is 0. The van der Waals surface area contributed by atoms with Crippen molar-refractivity contribution in [3.63, 3.8) is 0 Å². The molecule has 1 amide bonds. The van der Waals surface area contributed by atoms with Gasteiger partial charge in [0.25, 0.3) is 0 Å². The Morgan fingerprint density at radius 1 is 1.18 bits per heavy atom. The zero-order valence-corrected chi connectivity index (χ0v) is 22.8. The van der Waals surface area contributed by atoms with E-state index in [9.17, 15) is 9.90 Å². The molecule has 2 aromatic carbocycles. The molecule has 2 aliphatic rings. The SMILES string of the molecule is COc1ccc2c(O)c(C=C3N=Nc4ccccc43)oc2c1C#CCCC1CCN(C(=O)OC(C)(C)C)CC1. The number of carbonyl (C=O) groups is 1. The fourth-order valence-corrected chi connectivity index (χ4v) is 4.86. The highest BCUT2D eigenvalue weighted by atomic mass is 16.6. The lowest BCUT2D eigenvalue weighted by Crippen LogP contribution is -2.41. The minimum absolute atomic E-state index is 0.0273. The Morgan fingerprint density at radius 2 is 1.95 bits per heavy atom. The Kier molecular flexibility index (Phi) is 7.34. The molecule has 2 aliphatic heterocycles. The number of aromatic hydroxyl groups is 1. The molecule has 0 aliphatic carbocycles. The summed E-state index contributed by atoms with van der Waals surface area (Å²) in [5.41, 5.74) is 2.87. The highest BCUT2D eigenvalue weighted by Gasteiger charge is 2.26. The van der Waals surface area contributed by atoms with Gasteiger partial charge >= 0.3 is 6.09 Å². The number of nitrogens with zero attached hydrogens (tertiary/aromatic N) is 3. The monoisotopic (exact) mass is 527 g/mol. The number of methoxy groups -OCH3 is 1. The van der Waals surface area contributed by atoms with E-state index in [4.69, 9.17) is 13.9 Å². The number of fused-ring (bicyclic) bond motifs is 2. The molecule has 1 N–H and O–H groups in total. The Bertz CT molecular complexity index is 1510. The molecule has 1 fully saturated rings. The lowest BCUT2D eigenvalue weighted by Gasteiger charge is -2.33. The van der Waals surface area contributed by atoms with Crippen molar-refractivity contribution in [3.05, 3.63) is 53.3 Å². The second-order valence-corrected chi connectivity index (χ2v) is 10.8. The largest absolute Gasteiger partial charge is 0.504 e. The number of hydrogen-bond donors (Lipinski definition) is 1. The topological polar surface area (TPSA) is 96.9 Å². The van der Waals surface area contributed by atoms with Crippen LogP contribution in [-0.2, 0) is 4.74 Å². The van der Waals surface area contributed by atoms with E-state index in [1.54, 1.807) is 30.2 Å². The minimum Gasteiger partial charge on any atom is -0.504 e. The molecule has 0 spiro atoms. The summed E-state index contributed by atoms with van der Waals surface area (Å²) in [5.74, 6) is 7.90. The number of rotatable bonds is 4. The molecule has 39 heavy (non-hydrogen) atoms. The number of ether oxygens (including phenoxy) is 2. The van der Waals surface area contributed by atoms with Gasteiger partial charge in [-0.3, -0.25) is 0 Å². The van der Waals surface area contributed by atoms with Crippen molar-refractivity contribution in [2.45, 2.75) is 52.1 Å². The third-order valence-electron chi connectivity index (χ3n) is 6.91. The molecule has 3 heterocycles. The maximum absolute atomic E-state index is 12.3. The molecule has 0 atom stereocenters. The van der Waals surface area contributed by atoms with Crippen molar-refractivity contribution in [2.24, 2.45) is 16.1 Å². The molecular formula is C31H33N3O5. The maximum atomic E-state index is 12.3. The third-order valence-corrected chi connectivity index (χ3v) is 6.91. The predicted molar refractivity (Wildman–Crippen MR) is 150 cm³/mol. The highest BCUT2D eigenvalue weighted by Crippen LogP contribution is 2.41. The number of furan rings is 1. The molecule has 0 bridgehead atoms. The van der Waals surface area contributed by atoms with Gasteiger partial charge in [-0.2, -0.15) is 0 Å². The van der Waals surface area contributed by atoms with Gasteiger partial charge in [0.2, 0.25) is 0 Å². The second kappa shape index (κ2) is 10.9. The first kappa shape index (κ1) is 26.4. The third kappa shape index (κ3) is 5.78. The van der Waals surface area contributed by atoms with Crippen molar-refractivity contribution < 1.29 is 23.8 Å². The summed E-state index contributed by atoms with van der Waals surface area (Å²) in [6, 6.07) is 11.2. The number of carbonyl (C=O) groups excluding carboxylic acids is 1. The van der Waals surface area contributed by atoms with Gasteiger partial charge in [-0.15, -0.1) is 10.2 Å². The first-order valence-electron chi connectivity index (χ1n) is 13.3. The summed E-state index contributed by atoms with van der Waals surface area (Å²) < 4.78 is 17.2. The summed E-state index contributed by atoms with van der Waals surface area (Å²) in [6.07, 6.45) is 4.97. The van der Waals surface area contributed by atoms with E-state index in [0.717, 1.165) is 30.5 Å². The van der Waals surface area contributed by atoms with Crippen molar-refractivity contribution in [1.82, 2.24) is 4.90 Å². The first-order chi connectivity index (χ1) is 18.7. The average Bonchev–Trinajstić information content (AvgIpc) is 3.47. The molecule has 8 heteroatoms. The van der Waals surface area contributed by atoms with Crippen LogP contribution in [-0.4, -0.2) is 41.9 Å². The summed E-state index contributed by atoms with van der Waals surface area (Å²) in [5, 5.41) is 19.9. The fourth-order valence-electron chi connectivity index (χ4n) is 4.86. The summed E-state index contributed by atoms with van der Waals surface area (Å²) in [6.45, 7) is 7.06. The normalized spacial score (nSPS) is 16.3. The van der Waals surface area contributed by atoms with Crippen LogP contribution in [0.25, 0.3) is 22.7 Å². The molecule has 0 saturated carbocycles. The van der Waals surface area contributed by atoms with E-state index in [0.29, 0.717) is 59.2 Å². The number of hydrogen-bond acceptors (Lipinski definition) is 7. The van der Waals surface area contributed by atoms with Gasteiger partial charge in [0, 0.05) is 31.1 Å². The molecule has 3 aromatic rings. The van der Waals surface area contributed by atoms with E-state index in [2.05, 4.69) is 22.1 Å². The van der Waals surface area contributed by atoms with Gasteiger partial charge in [-0.1, -0.05) is 30.0 Å². The smallest absolute Gasteiger partial charge is 0.410 e. The van der Waals surface area contributed by atoms with Crippen LogP contribution in [0.15, 0.2) is 51.0 Å². The van der Waals surface area contributed by atoms with Crippen LogP contribution in [0.1, 0.15) is 63.3 Å². The van der Waals surface area contributed by atoms with Crippen LogP contribution in [0, 0.1) is 17.8 Å². The predicted octanol–water partition coefficient (Wildman–Crippen LogP) is 7.52. The van der Waals surface area contributed by atoms with Crippen LogP contribution in [0.2, 0.25) is 0 Å². The van der Waals surface area contributed by atoms with Crippen molar-refractivity contribution in [1.29, 1.82) is 0 Å². The van der Waals surface area contributed by atoms with Gasteiger partial charge in [-0.05, 0) is 64.2 Å². The molecule has 0 unspecified atom stereocenters. The fraction of sp³-hybridized carbons (Fsp3) is 0.387. The van der Waals surface area contributed by atoms with E-state index in [1.807, 2.05) is 45.0 Å². The van der Waals surface area contributed by atoms with Gasteiger partial charge < -0.3 is 23.9 Å². The van der Waals surface area contributed by atoms with Gasteiger partial charge in [0.05, 0.1) is 23.9 Å². The Labute approximate surface area is 228 Å². The molecule has 1 saturated heterocycles. The van der Waals surface area contributed by atoms with Crippen molar-refractivity contribution in [3.8, 4) is 23.3 Å². The van der Waals surface area contributed by atoms with E-state index < -0.39 is 5.60 Å². The maximum Gasteiger partial charge on any atom is 0.410 e. The molecule has 5 rings (SSSR count). The lowest BCUT2D eigenvalue weighted by atomic mass is 9.92. The van der Waals surface area contributed by atoms with Crippen LogP contribution in [0.3, 0.4) is 0 Å². The molecule has 1 aromatic heterocycles. The molecular weight excluding hydrogens is 494 g/mol. The quantitative estimate of drug-likeness (QED) is 0.354. The lowest BCUT2D eigenvalue weighted by molar-refractivity contribution is 0.0181. The van der Waals surface area contributed by atoms with Crippen LogP contribution >= 0.6 is 0 Å². The van der Waals surface area contributed by atoms with Crippen LogP contribution in [0.4, 0.5) is 10.5 Å². The molecule has 0 radical (unpaired) electrons. The zero-order valence-electron chi connectivity index (χ0n) is 22.8. The Morgan fingerprint density at radius 3 is 2.69 bits per heavy atom. The van der Waals surface area contributed by atoms with Crippen molar-refractivity contribution in [2.75, 3.05) is 20.2 Å². The van der Waals surface area contributed by atoms with E-state index >= 15 is 0 Å². The number of piperidine rings is 1. The molecule has 202 valence electrons. The minimum atomic E-state index is -0.483. The second-order valence-electron chi connectivity index (χ2n) is 10.8. The van der Waals surface area contributed by atoms with Crippen LogP contribution < -0.4 is 4.74 Å².